The summed E-state index contributed by atoms with van der Waals surface area (Å²) in [6.45, 7) is 0.884. The summed E-state index contributed by atoms with van der Waals surface area (Å²) >= 11 is 0. The average Bonchev–Trinajstić information content (AvgIpc) is 2.99. The van der Waals surface area contributed by atoms with E-state index in [1.54, 1.807) is 37.3 Å². The van der Waals surface area contributed by atoms with Gasteiger partial charge in [0.15, 0.2) is 0 Å². The fourth-order valence-electron chi connectivity index (χ4n) is 2.11. The molecule has 0 saturated heterocycles. The summed E-state index contributed by atoms with van der Waals surface area (Å²) in [5.74, 6) is -0.507. The number of nitriles is 1. The Morgan fingerprint density at radius 3 is 2.81 bits per heavy atom. The predicted octanol–water partition coefficient (Wildman–Crippen LogP) is 3.39. The second kappa shape index (κ2) is 8.20. The van der Waals surface area contributed by atoms with Gasteiger partial charge in [0.1, 0.15) is 29.8 Å². The molecule has 2 rings (SSSR count). The maximum atomic E-state index is 12.6. The number of nitrogens with one attached hydrogen (secondary N) is 1. The minimum absolute atomic E-state index is 0.146. The summed E-state index contributed by atoms with van der Waals surface area (Å²) in [7, 11) is 0. The second-order valence-corrected chi connectivity index (χ2v) is 5.08. The van der Waals surface area contributed by atoms with Gasteiger partial charge in [0.25, 0.3) is 5.91 Å². The Hall–Kier alpha value is -3.28. The number of benzene rings is 1. The van der Waals surface area contributed by atoms with Crippen molar-refractivity contribution >= 4 is 17.7 Å². The van der Waals surface area contributed by atoms with E-state index in [0.29, 0.717) is 18.0 Å². The van der Waals surface area contributed by atoms with Crippen LogP contribution in [0.25, 0.3) is 6.08 Å². The van der Waals surface area contributed by atoms with E-state index in [0.717, 1.165) is 23.0 Å². The number of amides is 1. The normalized spacial score (nSPS) is 11.7. The minimum atomic E-state index is -4.45. The quantitative estimate of drug-likeness (QED) is 0.629. The van der Waals surface area contributed by atoms with Crippen molar-refractivity contribution in [2.75, 3.05) is 11.9 Å². The number of aromatic nitrogens is 2. The number of halogens is 3. The van der Waals surface area contributed by atoms with Crippen molar-refractivity contribution in [2.45, 2.75) is 19.6 Å². The predicted molar refractivity (Wildman–Crippen MR) is 88.1 cm³/mol. The molecule has 0 aliphatic rings. The van der Waals surface area contributed by atoms with Crippen molar-refractivity contribution in [2.24, 2.45) is 0 Å². The third-order valence-corrected chi connectivity index (χ3v) is 3.17. The first-order valence-corrected chi connectivity index (χ1v) is 7.57. The smallest absolute Gasteiger partial charge is 0.406 e. The average molecular weight is 364 g/mol. The lowest BCUT2D eigenvalue weighted by atomic mass is 10.2. The Morgan fingerprint density at radius 1 is 1.42 bits per heavy atom. The fraction of sp³-hybridized carbons (Fsp3) is 0.235. The van der Waals surface area contributed by atoms with Gasteiger partial charge in [-0.1, -0.05) is 12.1 Å². The van der Waals surface area contributed by atoms with Gasteiger partial charge in [-0.15, -0.1) is 0 Å². The van der Waals surface area contributed by atoms with Crippen molar-refractivity contribution in [1.82, 2.24) is 9.55 Å². The summed E-state index contributed by atoms with van der Waals surface area (Å²) in [6, 6.07) is 8.29. The summed E-state index contributed by atoms with van der Waals surface area (Å²) in [5.41, 5.74) is -0.0370. The highest BCUT2D eigenvalue weighted by Crippen LogP contribution is 2.24. The lowest BCUT2D eigenvalue weighted by Crippen LogP contribution is -2.19. The minimum Gasteiger partial charge on any atom is -0.492 e. The van der Waals surface area contributed by atoms with Crippen LogP contribution in [-0.2, 0) is 11.3 Å². The fourth-order valence-corrected chi connectivity index (χ4v) is 2.11. The summed E-state index contributed by atoms with van der Waals surface area (Å²) < 4.78 is 43.8. The van der Waals surface area contributed by atoms with Gasteiger partial charge in [-0.3, -0.25) is 4.79 Å². The Labute approximate surface area is 147 Å². The molecule has 0 radical (unpaired) electrons. The van der Waals surface area contributed by atoms with Crippen LogP contribution in [0.2, 0.25) is 0 Å². The van der Waals surface area contributed by atoms with Crippen LogP contribution >= 0.6 is 0 Å². The van der Waals surface area contributed by atoms with Crippen molar-refractivity contribution < 1.29 is 22.7 Å². The molecule has 9 heteroatoms. The van der Waals surface area contributed by atoms with E-state index in [1.807, 2.05) is 0 Å². The highest BCUT2D eigenvalue weighted by atomic mass is 19.4. The van der Waals surface area contributed by atoms with Crippen LogP contribution in [0.3, 0.4) is 0 Å². The molecule has 0 aliphatic heterocycles. The van der Waals surface area contributed by atoms with Gasteiger partial charge in [-0.05, 0) is 19.1 Å². The third-order valence-electron chi connectivity index (χ3n) is 3.17. The monoisotopic (exact) mass is 364 g/mol. The lowest BCUT2D eigenvalue weighted by Gasteiger charge is -2.11. The molecule has 1 heterocycles. The number of rotatable bonds is 6. The second-order valence-electron chi connectivity index (χ2n) is 5.08. The van der Waals surface area contributed by atoms with E-state index >= 15 is 0 Å². The topological polar surface area (TPSA) is 79.9 Å². The molecule has 0 saturated carbocycles. The molecular weight excluding hydrogens is 349 g/mol. The Kier molecular flexibility index (Phi) is 6.01. The van der Waals surface area contributed by atoms with Gasteiger partial charge in [-0.2, -0.15) is 18.4 Å². The van der Waals surface area contributed by atoms with Crippen LogP contribution < -0.4 is 10.1 Å². The molecule has 0 atom stereocenters. The van der Waals surface area contributed by atoms with Crippen molar-refractivity contribution in [3.8, 4) is 11.8 Å². The molecule has 1 N–H and O–H groups in total. The van der Waals surface area contributed by atoms with Crippen molar-refractivity contribution in [1.29, 1.82) is 5.26 Å². The number of anilines is 1. The number of nitrogens with zero attached hydrogens (tertiary/aromatic N) is 3. The molecule has 2 aromatic rings. The number of hydrogen-bond acceptors (Lipinski definition) is 4. The van der Waals surface area contributed by atoms with Gasteiger partial charge >= 0.3 is 6.18 Å². The Balaban J connectivity index is 2.24. The molecule has 1 aromatic heterocycles. The number of alkyl halides is 3. The van der Waals surface area contributed by atoms with Gasteiger partial charge in [0, 0.05) is 18.5 Å². The largest absolute Gasteiger partial charge is 0.492 e. The molecule has 0 fully saturated rings. The van der Waals surface area contributed by atoms with E-state index in [-0.39, 0.29) is 11.4 Å². The maximum absolute atomic E-state index is 12.6. The summed E-state index contributed by atoms with van der Waals surface area (Å²) in [4.78, 5) is 16.1. The highest BCUT2D eigenvalue weighted by molar-refractivity contribution is 6.10. The molecule has 0 aliphatic carbocycles. The third kappa shape index (κ3) is 5.11. The van der Waals surface area contributed by atoms with E-state index in [2.05, 4.69) is 10.3 Å². The van der Waals surface area contributed by atoms with Crippen molar-refractivity contribution in [3.05, 3.63) is 48.1 Å². The standard InChI is InChI=1S/C17H15F3N4O2/c1-2-26-14-6-4-3-5-13(14)23-16(25)12(10-21)9-15-22-7-8-24(15)11-17(18,19)20/h3-9H,2,11H2,1H3,(H,23,25)/b12-9-. The van der Waals surface area contributed by atoms with E-state index in [9.17, 15) is 23.2 Å². The van der Waals surface area contributed by atoms with E-state index in [1.165, 1.54) is 0 Å². The number of para-hydroxylation sites is 2. The van der Waals surface area contributed by atoms with Gasteiger partial charge in [-0.25, -0.2) is 4.98 Å². The molecule has 0 unspecified atom stereocenters. The lowest BCUT2D eigenvalue weighted by molar-refractivity contribution is -0.140. The van der Waals surface area contributed by atoms with Crippen LogP contribution in [0, 0.1) is 11.3 Å². The van der Waals surface area contributed by atoms with Crippen molar-refractivity contribution in [3.63, 3.8) is 0 Å². The number of hydrogen-bond donors (Lipinski definition) is 1. The summed E-state index contributed by atoms with van der Waals surface area (Å²) in [5, 5.41) is 11.7. The molecule has 0 spiro atoms. The first kappa shape index (κ1) is 19.1. The molecule has 1 aromatic carbocycles. The van der Waals surface area contributed by atoms with E-state index < -0.39 is 18.6 Å². The van der Waals surface area contributed by atoms with Gasteiger partial charge in [0.2, 0.25) is 0 Å². The van der Waals surface area contributed by atoms with Crippen LogP contribution in [0.1, 0.15) is 12.7 Å². The molecule has 136 valence electrons. The number of imidazole rings is 1. The zero-order valence-corrected chi connectivity index (χ0v) is 13.7. The van der Waals surface area contributed by atoms with E-state index in [4.69, 9.17) is 4.74 Å². The molecule has 0 bridgehead atoms. The van der Waals surface area contributed by atoms with Gasteiger partial charge in [0.05, 0.1) is 12.3 Å². The number of ether oxygens (including phenoxy) is 1. The van der Waals surface area contributed by atoms with Crippen LogP contribution in [0.4, 0.5) is 18.9 Å². The zero-order valence-electron chi connectivity index (χ0n) is 13.7. The Morgan fingerprint density at radius 2 is 2.15 bits per heavy atom. The van der Waals surface area contributed by atoms with Gasteiger partial charge < -0.3 is 14.6 Å². The SMILES string of the molecule is CCOc1ccccc1NC(=O)/C(C#N)=C\c1nccn1CC(F)(F)F. The maximum Gasteiger partial charge on any atom is 0.406 e. The molecular formula is C17H15F3N4O2. The molecule has 1 amide bonds. The molecule has 26 heavy (non-hydrogen) atoms. The zero-order chi connectivity index (χ0) is 19.2. The number of carbonyl (C=O) groups excluding carboxylic acids is 1. The molecule has 6 nitrogen and oxygen atoms in total. The van der Waals surface area contributed by atoms with Crippen LogP contribution in [0.5, 0.6) is 5.75 Å². The summed E-state index contributed by atoms with van der Waals surface area (Å²) in [6.07, 6.45) is -1.16. The highest BCUT2D eigenvalue weighted by Gasteiger charge is 2.28. The Bertz CT molecular complexity index is 850. The first-order chi connectivity index (χ1) is 12.3. The first-order valence-electron chi connectivity index (χ1n) is 7.57. The van der Waals surface area contributed by atoms with Crippen LogP contribution in [-0.4, -0.2) is 28.2 Å². The number of carbonyl (C=O) groups is 1. The van der Waals surface area contributed by atoms with Crippen LogP contribution in [0.15, 0.2) is 42.2 Å².